The fourth-order valence-electron chi connectivity index (χ4n) is 0.721. The van der Waals surface area contributed by atoms with Crippen molar-refractivity contribution in [1.82, 2.24) is 15.3 Å². The van der Waals surface area contributed by atoms with Gasteiger partial charge in [-0.25, -0.2) is 9.97 Å². The number of nitrogens with one attached hydrogen (secondary N) is 1. The summed E-state index contributed by atoms with van der Waals surface area (Å²) in [4.78, 5) is 8.13. The predicted octanol–water partition coefficient (Wildman–Crippen LogP) is 0.356. The molecule has 0 aliphatic heterocycles. The van der Waals surface area contributed by atoms with E-state index in [2.05, 4.69) is 27.1 Å². The Balaban J connectivity index is 2.71. The Bertz CT molecular complexity index is 309. The molecule has 0 unspecified atom stereocenters. The van der Waals surface area contributed by atoms with Crippen LogP contribution in [0.25, 0.3) is 0 Å². The molecule has 1 aromatic rings. The Hall–Kier alpha value is -1.40. The van der Waals surface area contributed by atoms with Crippen LogP contribution in [0.1, 0.15) is 11.5 Å². The van der Waals surface area contributed by atoms with Crippen LogP contribution >= 0.6 is 0 Å². The molecule has 1 rings (SSSR count). The van der Waals surface area contributed by atoms with Crippen LogP contribution < -0.4 is 5.32 Å². The Morgan fingerprint density at radius 1 is 1.58 bits per heavy atom. The lowest BCUT2D eigenvalue weighted by atomic mass is 10.4. The monoisotopic (exact) mass is 161 g/mol. The van der Waals surface area contributed by atoms with Gasteiger partial charge in [0.25, 0.3) is 0 Å². The van der Waals surface area contributed by atoms with E-state index in [1.807, 2.05) is 20.0 Å². The molecule has 3 heteroatoms. The molecule has 0 atom stereocenters. The van der Waals surface area contributed by atoms with Crippen LogP contribution in [-0.2, 0) is 0 Å². The van der Waals surface area contributed by atoms with Crippen molar-refractivity contribution in [2.75, 3.05) is 13.6 Å². The van der Waals surface area contributed by atoms with Crippen molar-refractivity contribution in [3.8, 4) is 11.8 Å². The van der Waals surface area contributed by atoms with Gasteiger partial charge in [0.05, 0.1) is 6.54 Å². The van der Waals surface area contributed by atoms with E-state index >= 15 is 0 Å². The normalized spacial score (nSPS) is 8.83. The summed E-state index contributed by atoms with van der Waals surface area (Å²) in [5, 5.41) is 2.92. The molecule has 0 spiro atoms. The Morgan fingerprint density at radius 2 is 2.42 bits per heavy atom. The maximum atomic E-state index is 4.13. The average Bonchev–Trinajstić information content (AvgIpc) is 2.05. The Labute approximate surface area is 72.2 Å². The molecule has 0 aliphatic carbocycles. The number of aryl methyl sites for hydroxylation is 1. The van der Waals surface area contributed by atoms with Crippen LogP contribution in [0.3, 0.4) is 0 Å². The van der Waals surface area contributed by atoms with Gasteiger partial charge in [-0.1, -0.05) is 5.92 Å². The number of nitrogens with zero attached hydrogens (tertiary/aromatic N) is 2. The van der Waals surface area contributed by atoms with Crippen LogP contribution in [0.15, 0.2) is 12.3 Å². The minimum absolute atomic E-state index is 0.588. The van der Waals surface area contributed by atoms with Crippen LogP contribution in [0.4, 0.5) is 0 Å². The number of hydrogen-bond acceptors (Lipinski definition) is 3. The van der Waals surface area contributed by atoms with Gasteiger partial charge in [0.15, 0.2) is 0 Å². The lowest BCUT2D eigenvalue weighted by Crippen LogP contribution is -2.04. The number of hydrogen-bond donors (Lipinski definition) is 1. The zero-order valence-electron chi connectivity index (χ0n) is 7.26. The molecule has 1 aromatic heterocycles. The summed E-state index contributed by atoms with van der Waals surface area (Å²) in [7, 11) is 1.85. The fraction of sp³-hybridized carbons (Fsp3) is 0.333. The largest absolute Gasteiger partial charge is 0.309 e. The van der Waals surface area contributed by atoms with E-state index in [9.17, 15) is 0 Å². The topological polar surface area (TPSA) is 37.8 Å². The van der Waals surface area contributed by atoms with Gasteiger partial charge in [-0.3, -0.25) is 0 Å². The molecule has 62 valence electrons. The minimum Gasteiger partial charge on any atom is -0.309 e. The third kappa shape index (κ3) is 2.69. The van der Waals surface area contributed by atoms with Crippen molar-refractivity contribution in [2.45, 2.75) is 6.92 Å². The smallest absolute Gasteiger partial charge is 0.205 e. The maximum Gasteiger partial charge on any atom is 0.205 e. The second-order valence-electron chi connectivity index (χ2n) is 2.35. The molecule has 0 saturated heterocycles. The minimum atomic E-state index is 0.588. The molecule has 12 heavy (non-hydrogen) atoms. The summed E-state index contributed by atoms with van der Waals surface area (Å²) in [6, 6.07) is 1.85. The van der Waals surface area contributed by atoms with Gasteiger partial charge in [-0.05, 0) is 26.0 Å². The first-order valence-corrected chi connectivity index (χ1v) is 3.76. The summed E-state index contributed by atoms with van der Waals surface area (Å²) in [6.45, 7) is 2.59. The van der Waals surface area contributed by atoms with Crippen LogP contribution in [-0.4, -0.2) is 23.6 Å². The Kier molecular flexibility index (Phi) is 3.24. The summed E-state index contributed by atoms with van der Waals surface area (Å²) < 4.78 is 0. The molecule has 0 aromatic carbocycles. The van der Waals surface area contributed by atoms with Crippen molar-refractivity contribution in [2.24, 2.45) is 0 Å². The maximum absolute atomic E-state index is 4.13. The van der Waals surface area contributed by atoms with Crippen LogP contribution in [0.2, 0.25) is 0 Å². The standard InChI is InChI=1S/C9H11N3/c1-8-5-7-11-9(12-8)4-3-6-10-2/h5,7,10H,6H2,1-2H3. The molecule has 1 heterocycles. The molecule has 0 saturated carbocycles. The van der Waals surface area contributed by atoms with Crippen LogP contribution in [0.5, 0.6) is 0 Å². The summed E-state index contributed by atoms with van der Waals surface area (Å²) in [5.41, 5.74) is 0.943. The second kappa shape index (κ2) is 4.47. The summed E-state index contributed by atoms with van der Waals surface area (Å²) >= 11 is 0. The number of rotatable bonds is 1. The van der Waals surface area contributed by atoms with E-state index in [0.717, 1.165) is 5.69 Å². The van der Waals surface area contributed by atoms with E-state index in [4.69, 9.17) is 0 Å². The van der Waals surface area contributed by atoms with E-state index in [1.54, 1.807) is 6.20 Å². The average molecular weight is 161 g/mol. The molecular weight excluding hydrogens is 150 g/mol. The van der Waals surface area contributed by atoms with E-state index in [1.165, 1.54) is 0 Å². The van der Waals surface area contributed by atoms with Crippen LogP contribution in [0, 0.1) is 18.8 Å². The van der Waals surface area contributed by atoms with Gasteiger partial charge in [0, 0.05) is 11.9 Å². The van der Waals surface area contributed by atoms with Crippen molar-refractivity contribution in [3.05, 3.63) is 23.8 Å². The number of aromatic nitrogens is 2. The highest BCUT2D eigenvalue weighted by Crippen LogP contribution is 1.90. The SMILES string of the molecule is CNCC#Cc1nccc(C)n1. The lowest BCUT2D eigenvalue weighted by molar-refractivity contribution is 0.937. The molecular formula is C9H11N3. The molecule has 0 aliphatic rings. The highest BCUT2D eigenvalue weighted by atomic mass is 14.9. The highest BCUT2D eigenvalue weighted by Gasteiger charge is 1.88. The third-order valence-corrected chi connectivity index (χ3v) is 1.26. The molecule has 0 bridgehead atoms. The lowest BCUT2D eigenvalue weighted by Gasteiger charge is -1.90. The van der Waals surface area contributed by atoms with Crippen molar-refractivity contribution >= 4 is 0 Å². The molecule has 0 fully saturated rings. The van der Waals surface area contributed by atoms with Crippen molar-refractivity contribution in [1.29, 1.82) is 0 Å². The Morgan fingerprint density at radius 3 is 3.08 bits per heavy atom. The van der Waals surface area contributed by atoms with E-state index < -0.39 is 0 Å². The van der Waals surface area contributed by atoms with E-state index in [0.29, 0.717) is 12.4 Å². The zero-order valence-corrected chi connectivity index (χ0v) is 7.26. The first kappa shape index (κ1) is 8.69. The third-order valence-electron chi connectivity index (χ3n) is 1.26. The first-order chi connectivity index (χ1) is 5.83. The van der Waals surface area contributed by atoms with Gasteiger partial charge in [-0.15, -0.1) is 0 Å². The van der Waals surface area contributed by atoms with Gasteiger partial charge in [0.1, 0.15) is 0 Å². The van der Waals surface area contributed by atoms with Crippen molar-refractivity contribution in [3.63, 3.8) is 0 Å². The predicted molar refractivity (Wildman–Crippen MR) is 47.6 cm³/mol. The molecule has 0 radical (unpaired) electrons. The quantitative estimate of drug-likeness (QED) is 0.604. The van der Waals surface area contributed by atoms with Gasteiger partial charge in [0.2, 0.25) is 5.82 Å². The van der Waals surface area contributed by atoms with E-state index in [-0.39, 0.29) is 0 Å². The first-order valence-electron chi connectivity index (χ1n) is 3.76. The zero-order chi connectivity index (χ0) is 8.81. The summed E-state index contributed by atoms with van der Waals surface area (Å²) in [6.07, 6.45) is 1.71. The molecule has 3 nitrogen and oxygen atoms in total. The fourth-order valence-corrected chi connectivity index (χ4v) is 0.721. The van der Waals surface area contributed by atoms with Gasteiger partial charge >= 0.3 is 0 Å². The second-order valence-corrected chi connectivity index (χ2v) is 2.35. The molecule has 0 amide bonds. The van der Waals surface area contributed by atoms with Gasteiger partial charge < -0.3 is 5.32 Å². The molecule has 1 N–H and O–H groups in total. The van der Waals surface area contributed by atoms with Gasteiger partial charge in [-0.2, -0.15) is 0 Å². The summed E-state index contributed by atoms with van der Waals surface area (Å²) in [5.74, 6) is 6.33. The van der Waals surface area contributed by atoms with Crippen molar-refractivity contribution < 1.29 is 0 Å². The highest BCUT2D eigenvalue weighted by molar-refractivity contribution is 5.21.